The first kappa shape index (κ1) is 26.0. The number of benzene rings is 2. The van der Waals surface area contributed by atoms with Crippen LogP contribution in [0.25, 0.3) is 27.7 Å². The molecule has 0 bridgehead atoms. The van der Waals surface area contributed by atoms with Crippen molar-refractivity contribution in [2.24, 2.45) is 0 Å². The van der Waals surface area contributed by atoms with Crippen molar-refractivity contribution < 1.29 is 23.8 Å². The van der Waals surface area contributed by atoms with Crippen LogP contribution in [0.4, 0.5) is 4.39 Å². The second kappa shape index (κ2) is 9.42. The standard InChI is InChI=1S/C30H30FN5O4/c1-15-8-19(31)9-16(2)27(15)40-25-7-6-18(30(4,5)38)10-21(25)23-12-36-17(3)34-35-28(36)26-22(23)11-24(33-26)29(37)32-20-13-39-14-20/h6-12,20,33,38H,13-14H2,1-5H3,(H,32,37). The van der Waals surface area contributed by atoms with E-state index in [2.05, 4.69) is 20.5 Å². The van der Waals surface area contributed by atoms with Crippen molar-refractivity contribution in [2.75, 3.05) is 13.2 Å². The van der Waals surface area contributed by atoms with Gasteiger partial charge in [0.2, 0.25) is 0 Å². The smallest absolute Gasteiger partial charge is 0.268 e. The monoisotopic (exact) mass is 543 g/mol. The predicted octanol–water partition coefficient (Wildman–Crippen LogP) is 5.09. The number of carbonyl (C=O) groups is 1. The van der Waals surface area contributed by atoms with E-state index in [1.165, 1.54) is 12.1 Å². The summed E-state index contributed by atoms with van der Waals surface area (Å²) in [5.41, 5.74) is 3.89. The fourth-order valence-electron chi connectivity index (χ4n) is 5.03. The summed E-state index contributed by atoms with van der Waals surface area (Å²) in [6.45, 7) is 9.84. The molecule has 2 aromatic carbocycles. The molecule has 1 fully saturated rings. The molecule has 1 aliphatic heterocycles. The molecule has 206 valence electrons. The normalized spacial score (nSPS) is 14.1. The largest absolute Gasteiger partial charge is 0.456 e. The molecule has 0 unspecified atom stereocenters. The minimum absolute atomic E-state index is 0.0283. The van der Waals surface area contributed by atoms with Crippen molar-refractivity contribution in [1.29, 1.82) is 0 Å². The molecule has 0 atom stereocenters. The number of halogens is 1. The van der Waals surface area contributed by atoms with Gasteiger partial charge in [0.05, 0.1) is 30.4 Å². The van der Waals surface area contributed by atoms with E-state index in [0.29, 0.717) is 69.6 Å². The third-order valence-corrected chi connectivity index (χ3v) is 7.29. The van der Waals surface area contributed by atoms with Gasteiger partial charge in [0.25, 0.3) is 5.91 Å². The molecule has 0 aliphatic carbocycles. The van der Waals surface area contributed by atoms with E-state index in [0.717, 1.165) is 10.9 Å². The molecule has 1 amide bonds. The van der Waals surface area contributed by atoms with Gasteiger partial charge in [-0.05, 0) is 81.6 Å². The molecule has 0 radical (unpaired) electrons. The lowest BCUT2D eigenvalue weighted by Gasteiger charge is -2.26. The van der Waals surface area contributed by atoms with Crippen LogP contribution >= 0.6 is 0 Å². The topological polar surface area (TPSA) is 114 Å². The molecule has 40 heavy (non-hydrogen) atoms. The highest BCUT2D eigenvalue weighted by Crippen LogP contribution is 2.42. The van der Waals surface area contributed by atoms with Gasteiger partial charge in [-0.2, -0.15) is 0 Å². The van der Waals surface area contributed by atoms with Crippen LogP contribution in [-0.2, 0) is 10.3 Å². The number of carbonyl (C=O) groups excluding carboxylic acids is 1. The number of aromatic amines is 1. The van der Waals surface area contributed by atoms with Gasteiger partial charge in [0.1, 0.15) is 28.8 Å². The maximum atomic E-state index is 14.0. The molecule has 4 heterocycles. The van der Waals surface area contributed by atoms with Crippen LogP contribution in [-0.4, -0.2) is 49.9 Å². The van der Waals surface area contributed by atoms with Crippen molar-refractivity contribution in [3.63, 3.8) is 0 Å². The van der Waals surface area contributed by atoms with Gasteiger partial charge < -0.3 is 24.9 Å². The minimum atomic E-state index is -1.13. The lowest BCUT2D eigenvalue weighted by atomic mass is 9.93. The predicted molar refractivity (Wildman–Crippen MR) is 148 cm³/mol. The lowest BCUT2D eigenvalue weighted by Crippen LogP contribution is -2.48. The second-order valence-electron chi connectivity index (χ2n) is 10.9. The summed E-state index contributed by atoms with van der Waals surface area (Å²) in [7, 11) is 0. The zero-order chi connectivity index (χ0) is 28.3. The summed E-state index contributed by atoms with van der Waals surface area (Å²) in [5, 5.41) is 23.2. The number of aliphatic hydroxyl groups is 1. The van der Waals surface area contributed by atoms with Crippen molar-refractivity contribution in [3.05, 3.63) is 76.6 Å². The number of rotatable bonds is 6. The third-order valence-electron chi connectivity index (χ3n) is 7.29. The van der Waals surface area contributed by atoms with Crippen LogP contribution < -0.4 is 10.1 Å². The summed E-state index contributed by atoms with van der Waals surface area (Å²) in [6.07, 6.45) is 1.91. The molecule has 10 heteroatoms. The second-order valence-corrected chi connectivity index (χ2v) is 10.9. The minimum Gasteiger partial charge on any atom is -0.456 e. The Morgan fingerprint density at radius 1 is 1.12 bits per heavy atom. The van der Waals surface area contributed by atoms with E-state index < -0.39 is 5.60 Å². The van der Waals surface area contributed by atoms with Gasteiger partial charge in [-0.1, -0.05) is 6.07 Å². The molecule has 9 nitrogen and oxygen atoms in total. The van der Waals surface area contributed by atoms with Gasteiger partial charge in [0.15, 0.2) is 5.65 Å². The van der Waals surface area contributed by atoms with Crippen molar-refractivity contribution in [2.45, 2.75) is 46.3 Å². The maximum Gasteiger partial charge on any atom is 0.268 e. The van der Waals surface area contributed by atoms with Crippen molar-refractivity contribution in [1.82, 2.24) is 24.9 Å². The van der Waals surface area contributed by atoms with Crippen LogP contribution in [0.5, 0.6) is 11.5 Å². The van der Waals surface area contributed by atoms with E-state index >= 15 is 0 Å². The number of nitrogens with zero attached hydrogens (tertiary/aromatic N) is 3. The summed E-state index contributed by atoms with van der Waals surface area (Å²) in [6, 6.07) is 10.1. The molecule has 6 rings (SSSR count). The third kappa shape index (κ3) is 4.48. The van der Waals surface area contributed by atoms with E-state index in [-0.39, 0.29) is 17.8 Å². The van der Waals surface area contributed by atoms with Crippen molar-refractivity contribution in [3.8, 4) is 22.6 Å². The number of pyridine rings is 1. The van der Waals surface area contributed by atoms with Crippen LogP contribution in [0.1, 0.15) is 46.9 Å². The van der Waals surface area contributed by atoms with E-state index in [1.807, 2.05) is 29.7 Å². The van der Waals surface area contributed by atoms with Gasteiger partial charge in [-0.25, -0.2) is 4.39 Å². The summed E-state index contributed by atoms with van der Waals surface area (Å²) in [4.78, 5) is 16.3. The van der Waals surface area contributed by atoms with E-state index in [9.17, 15) is 14.3 Å². The van der Waals surface area contributed by atoms with Crippen LogP contribution in [0.2, 0.25) is 0 Å². The number of nitrogens with one attached hydrogen (secondary N) is 2. The highest BCUT2D eigenvalue weighted by molar-refractivity contribution is 6.07. The number of hydrogen-bond acceptors (Lipinski definition) is 6. The number of amides is 1. The first-order chi connectivity index (χ1) is 19.0. The quantitative estimate of drug-likeness (QED) is 0.275. The Morgan fingerprint density at radius 2 is 1.85 bits per heavy atom. The molecular formula is C30H30FN5O4. The zero-order valence-corrected chi connectivity index (χ0v) is 22.9. The molecular weight excluding hydrogens is 513 g/mol. The fourth-order valence-corrected chi connectivity index (χ4v) is 5.03. The first-order valence-corrected chi connectivity index (χ1v) is 13.1. The maximum absolute atomic E-state index is 14.0. The lowest BCUT2D eigenvalue weighted by molar-refractivity contribution is -0.00353. The van der Waals surface area contributed by atoms with Crippen molar-refractivity contribution >= 4 is 22.5 Å². The Balaban J connectivity index is 1.58. The summed E-state index contributed by atoms with van der Waals surface area (Å²) in [5.74, 6) is 1.15. The number of hydrogen-bond donors (Lipinski definition) is 3. The van der Waals surface area contributed by atoms with E-state index in [1.54, 1.807) is 39.8 Å². The van der Waals surface area contributed by atoms with Gasteiger partial charge >= 0.3 is 0 Å². The molecule has 1 aliphatic rings. The van der Waals surface area contributed by atoms with Crippen LogP contribution in [0.3, 0.4) is 0 Å². The number of aromatic nitrogens is 4. The molecule has 3 N–H and O–H groups in total. The Labute approximate surface area is 230 Å². The number of ether oxygens (including phenoxy) is 2. The fraction of sp³-hybridized carbons (Fsp3) is 0.300. The zero-order valence-electron chi connectivity index (χ0n) is 22.9. The molecule has 5 aromatic rings. The van der Waals surface area contributed by atoms with Crippen LogP contribution in [0, 0.1) is 26.6 Å². The summed E-state index contributed by atoms with van der Waals surface area (Å²) >= 11 is 0. The number of aryl methyl sites for hydroxylation is 3. The van der Waals surface area contributed by atoms with Gasteiger partial charge in [-0.15, -0.1) is 10.2 Å². The highest BCUT2D eigenvalue weighted by Gasteiger charge is 2.26. The Hall–Kier alpha value is -4.28. The molecule has 0 saturated carbocycles. The Kier molecular flexibility index (Phi) is 6.12. The summed E-state index contributed by atoms with van der Waals surface area (Å²) < 4.78 is 27.5. The van der Waals surface area contributed by atoms with E-state index in [4.69, 9.17) is 9.47 Å². The molecule has 0 spiro atoms. The Morgan fingerprint density at radius 3 is 2.50 bits per heavy atom. The molecule has 1 saturated heterocycles. The van der Waals surface area contributed by atoms with Crippen LogP contribution in [0.15, 0.2) is 42.6 Å². The number of H-pyrrole nitrogens is 1. The molecule has 3 aromatic heterocycles. The first-order valence-electron chi connectivity index (χ1n) is 13.1. The number of fused-ring (bicyclic) bond motifs is 3. The average molecular weight is 544 g/mol. The Bertz CT molecular complexity index is 1770. The average Bonchev–Trinajstić information content (AvgIpc) is 3.46. The van der Waals surface area contributed by atoms with Gasteiger partial charge in [-0.3, -0.25) is 9.20 Å². The highest BCUT2D eigenvalue weighted by atomic mass is 19.1. The van der Waals surface area contributed by atoms with Gasteiger partial charge in [0, 0.05) is 22.7 Å². The SMILES string of the molecule is Cc1cc(F)cc(C)c1Oc1ccc(C(C)(C)O)cc1-c1cn2c(C)nnc2c2[nH]c(C(=O)NC3COC3)cc12.